The van der Waals surface area contributed by atoms with Crippen LogP contribution in [0.2, 0.25) is 0 Å². The van der Waals surface area contributed by atoms with Crippen LogP contribution >= 0.6 is 23.5 Å². The summed E-state index contributed by atoms with van der Waals surface area (Å²) >= 11 is 2.89. The van der Waals surface area contributed by atoms with Gasteiger partial charge < -0.3 is 14.3 Å². The molecular weight excluding hydrogens is 310 g/mol. The van der Waals surface area contributed by atoms with E-state index in [0.717, 1.165) is 12.3 Å². The fourth-order valence-electron chi connectivity index (χ4n) is 1.76. The second-order valence-corrected chi connectivity index (χ2v) is 6.24. The highest BCUT2D eigenvalue weighted by Gasteiger charge is 2.16. The van der Waals surface area contributed by atoms with Crippen LogP contribution in [0.5, 0.6) is 0 Å². The molecule has 21 heavy (non-hydrogen) atoms. The summed E-state index contributed by atoms with van der Waals surface area (Å²) in [7, 11) is 1.84. The van der Waals surface area contributed by atoms with Crippen LogP contribution in [0, 0.1) is 0 Å². The van der Waals surface area contributed by atoms with Gasteiger partial charge in [0.2, 0.25) is 5.91 Å². The molecule has 3 heterocycles. The number of carbonyl (C=O) groups excluding carboxylic acids is 1. The third kappa shape index (κ3) is 3.30. The molecule has 1 amide bonds. The van der Waals surface area contributed by atoms with Crippen LogP contribution in [0.15, 0.2) is 33.0 Å². The van der Waals surface area contributed by atoms with Crippen molar-refractivity contribution in [2.45, 2.75) is 5.16 Å². The lowest BCUT2D eigenvalue weighted by molar-refractivity contribution is -0.117. The van der Waals surface area contributed by atoms with Crippen molar-refractivity contribution in [1.29, 1.82) is 0 Å². The van der Waals surface area contributed by atoms with Crippen molar-refractivity contribution in [3.8, 4) is 11.6 Å². The first kappa shape index (κ1) is 14.2. The Hall–Kier alpha value is -1.74. The van der Waals surface area contributed by atoms with Crippen LogP contribution < -0.4 is 5.32 Å². The SMILES string of the molecule is Cn1c(SCC(=O)NC2=NCCS2)nnc1-c1ccco1. The number of hydrogen-bond donors (Lipinski definition) is 1. The van der Waals surface area contributed by atoms with Crippen molar-refractivity contribution in [2.75, 3.05) is 18.1 Å². The number of aliphatic imine (C=N–C) groups is 1. The van der Waals surface area contributed by atoms with Crippen molar-refractivity contribution >= 4 is 34.6 Å². The molecule has 0 fully saturated rings. The average molecular weight is 323 g/mol. The highest BCUT2D eigenvalue weighted by Crippen LogP contribution is 2.22. The van der Waals surface area contributed by atoms with Gasteiger partial charge >= 0.3 is 0 Å². The van der Waals surface area contributed by atoms with Crippen LogP contribution in [0.4, 0.5) is 0 Å². The van der Waals surface area contributed by atoms with Crippen molar-refractivity contribution < 1.29 is 9.21 Å². The smallest absolute Gasteiger partial charge is 0.236 e. The number of furan rings is 1. The molecule has 1 N–H and O–H groups in total. The molecule has 2 aromatic heterocycles. The largest absolute Gasteiger partial charge is 0.461 e. The molecule has 0 atom stereocenters. The molecule has 0 saturated carbocycles. The Morgan fingerprint density at radius 3 is 3.19 bits per heavy atom. The predicted molar refractivity (Wildman–Crippen MR) is 82.3 cm³/mol. The molecule has 7 nitrogen and oxygen atoms in total. The summed E-state index contributed by atoms with van der Waals surface area (Å²) in [5.41, 5.74) is 0. The Kier molecular flexibility index (Phi) is 4.30. The van der Waals surface area contributed by atoms with E-state index in [4.69, 9.17) is 4.42 Å². The Bertz CT molecular complexity index is 665. The maximum absolute atomic E-state index is 11.8. The second kappa shape index (κ2) is 6.35. The Morgan fingerprint density at radius 1 is 1.57 bits per heavy atom. The van der Waals surface area contributed by atoms with E-state index in [-0.39, 0.29) is 11.7 Å². The Balaban J connectivity index is 1.59. The lowest BCUT2D eigenvalue weighted by Crippen LogP contribution is -2.29. The first-order valence-electron chi connectivity index (χ1n) is 6.27. The predicted octanol–water partition coefficient (Wildman–Crippen LogP) is 1.39. The maximum Gasteiger partial charge on any atom is 0.236 e. The number of thioether (sulfide) groups is 2. The molecule has 9 heteroatoms. The molecule has 110 valence electrons. The maximum atomic E-state index is 11.8. The zero-order chi connectivity index (χ0) is 14.7. The molecule has 1 aliphatic heterocycles. The highest BCUT2D eigenvalue weighted by atomic mass is 32.2. The number of aromatic nitrogens is 3. The van der Waals surface area contributed by atoms with Crippen molar-refractivity contribution in [1.82, 2.24) is 20.1 Å². The van der Waals surface area contributed by atoms with E-state index in [2.05, 4.69) is 20.5 Å². The van der Waals surface area contributed by atoms with E-state index in [1.165, 1.54) is 11.8 Å². The third-order valence-corrected chi connectivity index (χ3v) is 4.65. The minimum absolute atomic E-state index is 0.0873. The number of amidine groups is 1. The zero-order valence-corrected chi connectivity index (χ0v) is 12.9. The minimum atomic E-state index is -0.0873. The number of nitrogens with one attached hydrogen (secondary N) is 1. The fourth-order valence-corrected chi connectivity index (χ4v) is 3.21. The van der Waals surface area contributed by atoms with E-state index in [9.17, 15) is 4.79 Å². The van der Waals surface area contributed by atoms with E-state index < -0.39 is 0 Å². The second-order valence-electron chi connectivity index (χ2n) is 4.21. The van der Waals surface area contributed by atoms with E-state index in [0.29, 0.717) is 21.9 Å². The van der Waals surface area contributed by atoms with Gasteiger partial charge in [-0.05, 0) is 12.1 Å². The number of carbonyl (C=O) groups is 1. The molecule has 0 aliphatic carbocycles. The summed E-state index contributed by atoms with van der Waals surface area (Å²) in [5.74, 6) is 2.40. The number of hydrogen-bond acceptors (Lipinski definition) is 7. The first-order valence-corrected chi connectivity index (χ1v) is 8.24. The number of amides is 1. The number of nitrogens with zero attached hydrogens (tertiary/aromatic N) is 4. The van der Waals surface area contributed by atoms with Crippen LogP contribution in [-0.2, 0) is 11.8 Å². The standard InChI is InChI=1S/C12H13N5O2S2/c1-17-10(8-3-2-5-19-8)15-16-12(17)21-7-9(18)14-11-13-4-6-20-11/h2-3,5H,4,6-7H2,1H3,(H,13,14,18). The molecule has 0 saturated heterocycles. The minimum Gasteiger partial charge on any atom is -0.461 e. The zero-order valence-electron chi connectivity index (χ0n) is 11.3. The topological polar surface area (TPSA) is 85.3 Å². The van der Waals surface area contributed by atoms with Gasteiger partial charge in [0.25, 0.3) is 0 Å². The molecular formula is C12H13N5O2S2. The molecule has 0 unspecified atom stereocenters. The van der Waals surface area contributed by atoms with Gasteiger partial charge in [-0.1, -0.05) is 23.5 Å². The summed E-state index contributed by atoms with van der Waals surface area (Å²) in [5, 5.41) is 12.3. The lowest BCUT2D eigenvalue weighted by atomic mass is 10.4. The van der Waals surface area contributed by atoms with E-state index >= 15 is 0 Å². The average Bonchev–Trinajstić information content (AvgIpc) is 3.18. The van der Waals surface area contributed by atoms with Crippen LogP contribution in [0.1, 0.15) is 0 Å². The van der Waals surface area contributed by atoms with E-state index in [1.807, 2.05) is 13.1 Å². The summed E-state index contributed by atoms with van der Waals surface area (Å²) < 4.78 is 7.10. The summed E-state index contributed by atoms with van der Waals surface area (Å²) in [6.07, 6.45) is 1.59. The van der Waals surface area contributed by atoms with Gasteiger partial charge in [0, 0.05) is 12.8 Å². The van der Waals surface area contributed by atoms with Gasteiger partial charge in [0.15, 0.2) is 21.9 Å². The number of rotatable bonds is 4. The fraction of sp³-hybridized carbons (Fsp3) is 0.333. The Labute approximate surface area is 129 Å². The first-order chi connectivity index (χ1) is 10.2. The van der Waals surface area contributed by atoms with Crippen LogP contribution in [-0.4, -0.2) is 43.9 Å². The van der Waals surface area contributed by atoms with Gasteiger partial charge in [0.05, 0.1) is 18.6 Å². The van der Waals surface area contributed by atoms with Gasteiger partial charge in [-0.25, -0.2) is 0 Å². The van der Waals surface area contributed by atoms with Crippen molar-refractivity contribution in [3.63, 3.8) is 0 Å². The van der Waals surface area contributed by atoms with Gasteiger partial charge in [-0.2, -0.15) is 0 Å². The summed E-state index contributed by atoms with van der Waals surface area (Å²) in [4.78, 5) is 16.0. The van der Waals surface area contributed by atoms with Gasteiger partial charge in [-0.15, -0.1) is 10.2 Å². The summed E-state index contributed by atoms with van der Waals surface area (Å²) in [6.45, 7) is 0.767. The molecule has 0 aromatic carbocycles. The van der Waals surface area contributed by atoms with Crippen LogP contribution in [0.25, 0.3) is 11.6 Å². The Morgan fingerprint density at radius 2 is 2.48 bits per heavy atom. The molecule has 3 rings (SSSR count). The van der Waals surface area contributed by atoms with E-state index in [1.54, 1.807) is 28.7 Å². The monoisotopic (exact) mass is 323 g/mol. The molecule has 2 aromatic rings. The van der Waals surface area contributed by atoms with Gasteiger partial charge in [-0.3, -0.25) is 9.79 Å². The third-order valence-electron chi connectivity index (χ3n) is 2.74. The van der Waals surface area contributed by atoms with Gasteiger partial charge in [0.1, 0.15) is 0 Å². The van der Waals surface area contributed by atoms with Crippen molar-refractivity contribution in [3.05, 3.63) is 18.4 Å². The highest BCUT2D eigenvalue weighted by molar-refractivity contribution is 8.14. The molecule has 1 aliphatic rings. The molecule has 0 bridgehead atoms. The van der Waals surface area contributed by atoms with Crippen molar-refractivity contribution in [2.24, 2.45) is 12.0 Å². The van der Waals surface area contributed by atoms with Crippen LogP contribution in [0.3, 0.4) is 0 Å². The summed E-state index contributed by atoms with van der Waals surface area (Å²) in [6, 6.07) is 3.62. The molecule has 0 spiro atoms. The quantitative estimate of drug-likeness (QED) is 0.856. The normalized spacial score (nSPS) is 14.2. The lowest BCUT2D eigenvalue weighted by Gasteiger charge is -2.04. The molecule has 0 radical (unpaired) electrons.